The molecule has 0 bridgehead atoms. The van der Waals surface area contributed by atoms with Gasteiger partial charge in [0.2, 0.25) is 5.91 Å². The van der Waals surface area contributed by atoms with Crippen LogP contribution in [0.1, 0.15) is 123 Å². The lowest BCUT2D eigenvalue weighted by Gasteiger charge is -2.46. The first-order valence-electron chi connectivity index (χ1n) is 22.0. The van der Waals surface area contributed by atoms with E-state index in [0.29, 0.717) is 12.8 Å². The van der Waals surface area contributed by atoms with Crippen molar-refractivity contribution in [1.82, 2.24) is 5.32 Å². The minimum Gasteiger partial charge on any atom is -0.394 e. The third-order valence-electron chi connectivity index (χ3n) is 10.4. The second kappa shape index (κ2) is 32.4. The van der Waals surface area contributed by atoms with E-state index < -0.39 is 86.8 Å². The van der Waals surface area contributed by atoms with Gasteiger partial charge in [-0.3, -0.25) is 4.79 Å². The summed E-state index contributed by atoms with van der Waals surface area (Å²) in [6.45, 7) is 2.58. The average Bonchev–Trinajstić information content (AvgIpc) is 3.23. The number of hydrogen-bond donors (Lipinski definition) is 9. The Labute approximate surface area is 352 Å². The van der Waals surface area contributed by atoms with Gasteiger partial charge in [0.1, 0.15) is 48.8 Å². The molecule has 2 aliphatic heterocycles. The molecule has 340 valence electrons. The quantitative estimate of drug-likeness (QED) is 0.0357. The van der Waals surface area contributed by atoms with Crippen molar-refractivity contribution in [3.05, 3.63) is 60.8 Å². The first-order chi connectivity index (χ1) is 28.6. The van der Waals surface area contributed by atoms with E-state index in [0.717, 1.165) is 77.0 Å². The predicted molar refractivity (Wildman–Crippen MR) is 226 cm³/mol. The SMILES string of the molecule is CCC/C=C\C/C=C\CCCCCCCC(=O)NC(COC1OC(CO)C(OC2OC(CO)C(O)C(O)C2O)C(O)C1O)C(O)/C=C/CC/C=C/CC/C=C/CCCC. The zero-order valence-corrected chi connectivity index (χ0v) is 35.5. The summed E-state index contributed by atoms with van der Waals surface area (Å²) >= 11 is 0. The van der Waals surface area contributed by atoms with Crippen molar-refractivity contribution >= 4 is 5.91 Å². The summed E-state index contributed by atoms with van der Waals surface area (Å²) in [7, 11) is 0. The van der Waals surface area contributed by atoms with Crippen molar-refractivity contribution in [2.24, 2.45) is 0 Å². The van der Waals surface area contributed by atoms with Gasteiger partial charge in [-0.2, -0.15) is 0 Å². The summed E-state index contributed by atoms with van der Waals surface area (Å²) in [5, 5.41) is 86.3. The standard InChI is InChI=1S/C45H77NO13/c1-3-5-7-9-11-13-15-17-19-21-23-25-27-29-37(50)46-33(34(49)28-26-24-22-20-18-16-14-12-10-8-6-4-2)32-56-44-42(55)40(53)43(36(31-48)58-44)59-45-41(54)39(52)38(51)35(30-47)57-45/h7,9-10,12-13,15,18,20,26,28,33-36,38-45,47-49,51-55H,3-6,8,11,14,16-17,19,21-25,27,29-32H2,1-2H3,(H,46,50)/b9-7-,12-10+,15-13-,20-18+,28-26+. The molecule has 0 spiro atoms. The number of nitrogens with one attached hydrogen (secondary N) is 1. The van der Waals surface area contributed by atoms with Crippen molar-refractivity contribution in [1.29, 1.82) is 0 Å². The molecule has 14 heteroatoms. The van der Waals surface area contributed by atoms with Crippen LogP contribution < -0.4 is 5.32 Å². The fourth-order valence-corrected chi connectivity index (χ4v) is 6.70. The Morgan fingerprint density at radius 3 is 1.83 bits per heavy atom. The molecule has 9 N–H and O–H groups in total. The molecule has 0 radical (unpaired) electrons. The number of aliphatic hydroxyl groups excluding tert-OH is 8. The first kappa shape index (κ1) is 52.8. The zero-order valence-electron chi connectivity index (χ0n) is 35.5. The lowest BCUT2D eigenvalue weighted by atomic mass is 9.97. The van der Waals surface area contributed by atoms with Crippen LogP contribution in [0.15, 0.2) is 60.8 Å². The Balaban J connectivity index is 1.95. The predicted octanol–water partition coefficient (Wildman–Crippen LogP) is 3.93. The van der Waals surface area contributed by atoms with E-state index in [4.69, 9.17) is 18.9 Å². The minimum absolute atomic E-state index is 0.250. The molecular weight excluding hydrogens is 762 g/mol. The van der Waals surface area contributed by atoms with E-state index in [1.807, 2.05) is 6.08 Å². The highest BCUT2D eigenvalue weighted by Gasteiger charge is 2.50. The Morgan fingerprint density at radius 2 is 1.17 bits per heavy atom. The maximum absolute atomic E-state index is 13.1. The molecule has 14 nitrogen and oxygen atoms in total. The maximum atomic E-state index is 13.1. The number of unbranched alkanes of at least 4 members (excludes halogenated alkanes) is 10. The van der Waals surface area contributed by atoms with E-state index in [9.17, 15) is 45.6 Å². The van der Waals surface area contributed by atoms with Gasteiger partial charge in [0.15, 0.2) is 12.6 Å². The van der Waals surface area contributed by atoms with E-state index in [2.05, 4.69) is 67.8 Å². The van der Waals surface area contributed by atoms with Crippen LogP contribution in [0.4, 0.5) is 0 Å². The third-order valence-corrected chi connectivity index (χ3v) is 10.4. The number of aliphatic hydroxyl groups is 8. The molecule has 0 aromatic rings. The van der Waals surface area contributed by atoms with E-state index >= 15 is 0 Å². The molecule has 59 heavy (non-hydrogen) atoms. The molecule has 0 aromatic heterocycles. The van der Waals surface area contributed by atoms with E-state index in [1.54, 1.807) is 6.08 Å². The molecule has 12 atom stereocenters. The number of carbonyl (C=O) groups excluding carboxylic acids is 1. The summed E-state index contributed by atoms with van der Waals surface area (Å²) in [6, 6.07) is -0.944. The van der Waals surface area contributed by atoms with Crippen LogP contribution in [0, 0.1) is 0 Å². The fraction of sp³-hybridized carbons (Fsp3) is 0.756. The van der Waals surface area contributed by atoms with E-state index in [1.165, 1.54) is 12.8 Å². The molecule has 12 unspecified atom stereocenters. The minimum atomic E-state index is -1.79. The van der Waals surface area contributed by atoms with Gasteiger partial charge in [-0.15, -0.1) is 0 Å². The molecule has 2 heterocycles. The average molecular weight is 840 g/mol. The van der Waals surface area contributed by atoms with Crippen molar-refractivity contribution < 1.29 is 64.6 Å². The zero-order chi connectivity index (χ0) is 43.3. The number of rotatable bonds is 31. The molecule has 2 fully saturated rings. The normalized spacial score (nSPS) is 29.1. The molecule has 0 saturated carbocycles. The second-order valence-electron chi connectivity index (χ2n) is 15.4. The Kier molecular flexibility index (Phi) is 29.0. The Morgan fingerprint density at radius 1 is 0.610 bits per heavy atom. The molecule has 1 amide bonds. The van der Waals surface area contributed by atoms with Crippen molar-refractivity contribution in [3.8, 4) is 0 Å². The lowest BCUT2D eigenvalue weighted by Crippen LogP contribution is -2.65. The van der Waals surface area contributed by atoms with Crippen LogP contribution in [0.5, 0.6) is 0 Å². The van der Waals surface area contributed by atoms with Crippen molar-refractivity contribution in [3.63, 3.8) is 0 Å². The van der Waals surface area contributed by atoms with Crippen LogP contribution in [0.2, 0.25) is 0 Å². The van der Waals surface area contributed by atoms with Crippen molar-refractivity contribution in [2.45, 2.75) is 197 Å². The highest BCUT2D eigenvalue weighted by atomic mass is 16.7. The van der Waals surface area contributed by atoms with Gasteiger partial charge >= 0.3 is 0 Å². The molecule has 2 aliphatic rings. The maximum Gasteiger partial charge on any atom is 0.220 e. The third kappa shape index (κ3) is 20.9. The van der Waals surface area contributed by atoms with Gasteiger partial charge in [0.05, 0.1) is 32.0 Å². The number of amides is 1. The highest BCUT2D eigenvalue weighted by Crippen LogP contribution is 2.29. The van der Waals surface area contributed by atoms with Gasteiger partial charge in [-0.25, -0.2) is 0 Å². The van der Waals surface area contributed by atoms with Crippen LogP contribution in [0.3, 0.4) is 0 Å². The molecule has 0 aromatic carbocycles. The van der Waals surface area contributed by atoms with Crippen LogP contribution in [0.25, 0.3) is 0 Å². The van der Waals surface area contributed by atoms with Crippen molar-refractivity contribution in [2.75, 3.05) is 19.8 Å². The smallest absolute Gasteiger partial charge is 0.220 e. The van der Waals surface area contributed by atoms with E-state index in [-0.39, 0.29) is 18.9 Å². The number of allylic oxidation sites excluding steroid dienone is 9. The summed E-state index contributed by atoms with van der Waals surface area (Å²) in [5.41, 5.74) is 0. The molecule has 2 rings (SSSR count). The first-order valence-corrected chi connectivity index (χ1v) is 22.0. The molecule has 2 saturated heterocycles. The van der Waals surface area contributed by atoms with Crippen LogP contribution in [-0.4, -0.2) is 140 Å². The largest absolute Gasteiger partial charge is 0.394 e. The van der Waals surface area contributed by atoms with Crippen LogP contribution >= 0.6 is 0 Å². The summed E-state index contributed by atoms with van der Waals surface area (Å²) in [5.74, 6) is -0.275. The topological polar surface area (TPSA) is 228 Å². The van der Waals surface area contributed by atoms with Gasteiger partial charge in [0.25, 0.3) is 0 Å². The van der Waals surface area contributed by atoms with Gasteiger partial charge in [-0.1, -0.05) is 113 Å². The van der Waals surface area contributed by atoms with Crippen LogP contribution in [-0.2, 0) is 23.7 Å². The number of ether oxygens (including phenoxy) is 4. The fourth-order valence-electron chi connectivity index (χ4n) is 6.70. The Bertz CT molecular complexity index is 1220. The second-order valence-corrected chi connectivity index (χ2v) is 15.4. The monoisotopic (exact) mass is 840 g/mol. The van der Waals surface area contributed by atoms with Gasteiger partial charge in [-0.05, 0) is 64.2 Å². The summed E-state index contributed by atoms with van der Waals surface area (Å²) < 4.78 is 22.6. The summed E-state index contributed by atoms with van der Waals surface area (Å²) in [6.07, 6.45) is 19.9. The number of carbonyl (C=O) groups is 1. The Hall–Kier alpha value is -2.31. The highest BCUT2D eigenvalue weighted by molar-refractivity contribution is 5.76. The number of hydrogen-bond acceptors (Lipinski definition) is 13. The van der Waals surface area contributed by atoms with Gasteiger partial charge < -0.3 is 65.1 Å². The van der Waals surface area contributed by atoms with Gasteiger partial charge in [0, 0.05) is 6.42 Å². The summed E-state index contributed by atoms with van der Waals surface area (Å²) in [4.78, 5) is 13.1. The lowest BCUT2D eigenvalue weighted by molar-refractivity contribution is -0.359. The molecule has 0 aliphatic carbocycles. The molecular formula is C45H77NO13.